The molecule has 0 spiro atoms. The molecular formula is C10H19N3. The largest absolute Gasteiger partial charge is 0.387 e. The van der Waals surface area contributed by atoms with Gasteiger partial charge in [0, 0.05) is 13.5 Å². The van der Waals surface area contributed by atoms with Crippen LogP contribution in [0.25, 0.3) is 6.08 Å². The minimum absolute atomic E-state index is 0. The Balaban J connectivity index is 0.000000299. The quantitative estimate of drug-likeness (QED) is 0.645. The second-order valence-electron chi connectivity index (χ2n) is 3.76. The third kappa shape index (κ3) is 3.32. The molecule has 3 heteroatoms. The van der Waals surface area contributed by atoms with E-state index >= 15 is 0 Å². The van der Waals surface area contributed by atoms with Crippen molar-refractivity contribution in [2.24, 2.45) is 5.92 Å². The van der Waals surface area contributed by atoms with Crippen molar-refractivity contribution in [3.8, 4) is 0 Å². The predicted octanol–water partition coefficient (Wildman–Crippen LogP) is 2.39. The molecule has 13 heavy (non-hydrogen) atoms. The van der Waals surface area contributed by atoms with Gasteiger partial charge in [-0.2, -0.15) is 5.10 Å². The molecule has 0 amide bonds. The van der Waals surface area contributed by atoms with Crippen molar-refractivity contribution < 1.29 is 1.43 Å². The fourth-order valence-electron chi connectivity index (χ4n) is 0.917. The Labute approximate surface area is 80.7 Å². The van der Waals surface area contributed by atoms with E-state index in [0.29, 0.717) is 0 Å². The first kappa shape index (κ1) is 9.84. The van der Waals surface area contributed by atoms with Crippen LogP contribution in [-0.4, -0.2) is 10.2 Å². The van der Waals surface area contributed by atoms with Gasteiger partial charge >= 0.3 is 0 Å². The molecule has 1 aromatic heterocycles. The van der Waals surface area contributed by atoms with Crippen LogP contribution in [0.5, 0.6) is 0 Å². The molecule has 1 aliphatic rings. The number of nitrogens with zero attached hydrogens (tertiary/aromatic N) is 1. The van der Waals surface area contributed by atoms with Crippen LogP contribution in [0.2, 0.25) is 0 Å². The summed E-state index contributed by atoms with van der Waals surface area (Å²) in [6.07, 6.45) is 5.73. The third-order valence-corrected chi connectivity index (χ3v) is 1.41. The summed E-state index contributed by atoms with van der Waals surface area (Å²) in [6, 6.07) is 0. The minimum atomic E-state index is 0. The zero-order chi connectivity index (χ0) is 9.68. The normalized spacial score (nSPS) is 12.9. The van der Waals surface area contributed by atoms with Crippen molar-refractivity contribution in [2.45, 2.75) is 27.3 Å². The van der Waals surface area contributed by atoms with Crippen molar-refractivity contribution in [3.05, 3.63) is 23.7 Å². The molecule has 74 valence electrons. The highest BCUT2D eigenvalue weighted by Gasteiger charge is 2.02. The first-order valence-corrected chi connectivity index (χ1v) is 4.62. The first-order valence-electron chi connectivity index (χ1n) is 4.62. The van der Waals surface area contributed by atoms with E-state index < -0.39 is 0 Å². The fourth-order valence-corrected chi connectivity index (χ4v) is 0.917. The molecule has 2 heterocycles. The SMILES string of the molecule is C1=Cc2[nH]ncc2CN1.CC(C)C.[HH]. The van der Waals surface area contributed by atoms with Gasteiger partial charge in [0.15, 0.2) is 0 Å². The molecule has 1 aliphatic heterocycles. The second-order valence-corrected chi connectivity index (χ2v) is 3.76. The van der Waals surface area contributed by atoms with Gasteiger partial charge in [-0.25, -0.2) is 0 Å². The monoisotopic (exact) mass is 181 g/mol. The van der Waals surface area contributed by atoms with E-state index in [1.165, 1.54) is 5.56 Å². The minimum Gasteiger partial charge on any atom is -0.387 e. The molecule has 0 bridgehead atoms. The summed E-state index contributed by atoms with van der Waals surface area (Å²) in [4.78, 5) is 0. The van der Waals surface area contributed by atoms with Crippen LogP contribution in [0.15, 0.2) is 12.4 Å². The van der Waals surface area contributed by atoms with Gasteiger partial charge in [-0.3, -0.25) is 5.10 Å². The van der Waals surface area contributed by atoms with Gasteiger partial charge in [-0.15, -0.1) is 0 Å². The maximum atomic E-state index is 3.89. The lowest BCUT2D eigenvalue weighted by Crippen LogP contribution is -2.08. The highest BCUT2D eigenvalue weighted by molar-refractivity contribution is 5.50. The molecule has 0 saturated heterocycles. The summed E-state index contributed by atoms with van der Waals surface area (Å²) in [5, 5.41) is 9.85. The Morgan fingerprint density at radius 1 is 1.46 bits per heavy atom. The number of hydrogen-bond donors (Lipinski definition) is 2. The Kier molecular flexibility index (Phi) is 3.55. The van der Waals surface area contributed by atoms with Crippen LogP contribution in [0, 0.1) is 5.92 Å². The number of fused-ring (bicyclic) bond motifs is 1. The number of nitrogens with one attached hydrogen (secondary N) is 2. The molecule has 3 nitrogen and oxygen atoms in total. The molecule has 2 rings (SSSR count). The van der Waals surface area contributed by atoms with Gasteiger partial charge in [-0.1, -0.05) is 20.8 Å². The van der Waals surface area contributed by atoms with Gasteiger partial charge in [0.2, 0.25) is 0 Å². The fraction of sp³-hybridized carbons (Fsp3) is 0.500. The molecule has 0 aliphatic carbocycles. The van der Waals surface area contributed by atoms with Crippen LogP contribution in [0.1, 0.15) is 33.5 Å². The summed E-state index contributed by atoms with van der Waals surface area (Å²) < 4.78 is 0. The lowest BCUT2D eigenvalue weighted by Gasteiger charge is -2.03. The summed E-state index contributed by atoms with van der Waals surface area (Å²) in [5.74, 6) is 0.833. The van der Waals surface area contributed by atoms with Crippen molar-refractivity contribution in [3.63, 3.8) is 0 Å². The predicted molar refractivity (Wildman–Crippen MR) is 57.1 cm³/mol. The van der Waals surface area contributed by atoms with E-state index in [-0.39, 0.29) is 1.43 Å². The zero-order valence-corrected chi connectivity index (χ0v) is 8.46. The van der Waals surface area contributed by atoms with E-state index in [2.05, 4.69) is 36.3 Å². The van der Waals surface area contributed by atoms with Crippen molar-refractivity contribution in [2.75, 3.05) is 0 Å². The van der Waals surface area contributed by atoms with Gasteiger partial charge < -0.3 is 5.32 Å². The van der Waals surface area contributed by atoms with E-state index in [0.717, 1.165) is 18.2 Å². The van der Waals surface area contributed by atoms with Gasteiger partial charge in [0.25, 0.3) is 0 Å². The second kappa shape index (κ2) is 4.70. The van der Waals surface area contributed by atoms with E-state index in [1.807, 2.05) is 18.5 Å². The maximum absolute atomic E-state index is 3.89. The molecule has 0 aromatic carbocycles. The lowest BCUT2D eigenvalue weighted by atomic mass is 10.2. The topological polar surface area (TPSA) is 40.7 Å². The summed E-state index contributed by atoms with van der Waals surface area (Å²) in [5.41, 5.74) is 2.35. The highest BCUT2D eigenvalue weighted by atomic mass is 15.1. The number of H-pyrrole nitrogens is 1. The van der Waals surface area contributed by atoms with E-state index in [9.17, 15) is 0 Å². The standard InChI is InChI=1S/C6H7N3.C4H10.H2/c1-2-7-3-5-4-8-9-6(1)5;1-4(2)3;/h1-2,4,7H,3H2,(H,8,9);4H,1-3H3;1H. The van der Waals surface area contributed by atoms with Crippen LogP contribution < -0.4 is 5.32 Å². The van der Waals surface area contributed by atoms with Crippen LogP contribution in [0.3, 0.4) is 0 Å². The Bertz CT molecular complexity index is 276. The van der Waals surface area contributed by atoms with Gasteiger partial charge in [0.1, 0.15) is 0 Å². The average Bonchev–Trinajstić information content (AvgIpc) is 2.49. The van der Waals surface area contributed by atoms with Crippen molar-refractivity contribution in [1.29, 1.82) is 0 Å². The summed E-state index contributed by atoms with van der Waals surface area (Å²) in [6.45, 7) is 7.39. The Morgan fingerprint density at radius 3 is 2.77 bits per heavy atom. The van der Waals surface area contributed by atoms with Crippen LogP contribution in [0.4, 0.5) is 0 Å². The number of hydrogen-bond acceptors (Lipinski definition) is 2. The molecule has 0 fully saturated rings. The number of rotatable bonds is 0. The molecule has 0 unspecified atom stereocenters. The summed E-state index contributed by atoms with van der Waals surface area (Å²) >= 11 is 0. The van der Waals surface area contributed by atoms with Crippen molar-refractivity contribution in [1.82, 2.24) is 15.5 Å². The number of aromatic nitrogens is 2. The lowest BCUT2D eigenvalue weighted by molar-refractivity contribution is 0.737. The molecular weight excluding hydrogens is 162 g/mol. The summed E-state index contributed by atoms with van der Waals surface area (Å²) in [7, 11) is 0. The van der Waals surface area contributed by atoms with Crippen LogP contribution in [-0.2, 0) is 6.54 Å². The molecule has 1 aromatic rings. The molecule has 0 radical (unpaired) electrons. The zero-order valence-electron chi connectivity index (χ0n) is 8.46. The Hall–Kier alpha value is -1.25. The maximum Gasteiger partial charge on any atom is 0.0642 e. The van der Waals surface area contributed by atoms with E-state index in [4.69, 9.17) is 0 Å². The molecule has 0 atom stereocenters. The van der Waals surface area contributed by atoms with Gasteiger partial charge in [-0.05, 0) is 18.2 Å². The molecule has 2 N–H and O–H groups in total. The Morgan fingerprint density at radius 2 is 2.15 bits per heavy atom. The van der Waals surface area contributed by atoms with Crippen molar-refractivity contribution >= 4 is 6.08 Å². The highest BCUT2D eigenvalue weighted by Crippen LogP contribution is 2.08. The first-order chi connectivity index (χ1) is 6.20. The molecule has 0 saturated carbocycles. The van der Waals surface area contributed by atoms with E-state index in [1.54, 1.807) is 0 Å². The average molecular weight is 181 g/mol. The van der Waals surface area contributed by atoms with Gasteiger partial charge in [0.05, 0.1) is 11.9 Å². The van der Waals surface area contributed by atoms with Crippen LogP contribution >= 0.6 is 0 Å². The number of aromatic amines is 1. The smallest absolute Gasteiger partial charge is 0.0642 e. The third-order valence-electron chi connectivity index (χ3n) is 1.41.